The van der Waals surface area contributed by atoms with Crippen molar-refractivity contribution in [3.63, 3.8) is 0 Å². The average Bonchev–Trinajstić information content (AvgIpc) is 2.77. The van der Waals surface area contributed by atoms with E-state index < -0.39 is 6.03 Å². The maximum absolute atomic E-state index is 12.0. The molecule has 4 nitrogen and oxygen atoms in total. The Kier molecular flexibility index (Phi) is 8.77. The zero-order valence-corrected chi connectivity index (χ0v) is 18.9. The Morgan fingerprint density at radius 2 is 1.48 bits per heavy atom. The first-order chi connectivity index (χ1) is 15.0. The van der Waals surface area contributed by atoms with Gasteiger partial charge < -0.3 is 5.73 Å². The molecule has 0 unspecified atom stereocenters. The first-order valence-electron chi connectivity index (χ1n) is 10.3. The summed E-state index contributed by atoms with van der Waals surface area (Å²) in [6.07, 6.45) is 1.70. The highest BCUT2D eigenvalue weighted by Crippen LogP contribution is 2.19. The molecule has 0 aliphatic heterocycles. The second-order valence-corrected chi connectivity index (χ2v) is 8.27. The van der Waals surface area contributed by atoms with Gasteiger partial charge in [0.2, 0.25) is 0 Å². The van der Waals surface area contributed by atoms with Gasteiger partial charge in [0.1, 0.15) is 0 Å². The number of urea groups is 1. The number of nitrogens with two attached hydrogens (primary N) is 1. The number of hydrogen-bond acceptors (Lipinski definition) is 2. The van der Waals surface area contributed by atoms with Gasteiger partial charge in [-0.2, -0.15) is 0 Å². The van der Waals surface area contributed by atoms with Crippen LogP contribution in [0.5, 0.6) is 0 Å². The molecule has 0 heterocycles. The third-order valence-electron chi connectivity index (χ3n) is 5.17. The van der Waals surface area contributed by atoms with Crippen molar-refractivity contribution in [2.45, 2.75) is 19.4 Å². The van der Waals surface area contributed by atoms with Crippen LogP contribution in [0, 0.1) is 0 Å². The van der Waals surface area contributed by atoms with Crippen molar-refractivity contribution in [3.05, 3.63) is 100 Å². The minimum atomic E-state index is -0.440. The molecule has 2 N–H and O–H groups in total. The van der Waals surface area contributed by atoms with Crippen LogP contribution in [0.15, 0.2) is 78.9 Å². The number of anilines is 1. The lowest BCUT2D eigenvalue weighted by Crippen LogP contribution is -2.38. The van der Waals surface area contributed by atoms with E-state index in [1.165, 1.54) is 5.56 Å². The summed E-state index contributed by atoms with van der Waals surface area (Å²) in [6.45, 7) is 2.98. The summed E-state index contributed by atoms with van der Waals surface area (Å²) in [5.41, 5.74) is 8.76. The summed E-state index contributed by atoms with van der Waals surface area (Å²) < 4.78 is 0. The van der Waals surface area contributed by atoms with Gasteiger partial charge in [-0.3, -0.25) is 9.80 Å². The third-order valence-corrected chi connectivity index (χ3v) is 5.79. The number of hydrogen-bond donors (Lipinski definition) is 1. The van der Waals surface area contributed by atoms with Crippen molar-refractivity contribution in [1.29, 1.82) is 0 Å². The number of rotatable bonds is 10. The van der Waals surface area contributed by atoms with Crippen LogP contribution in [0.1, 0.15) is 17.5 Å². The van der Waals surface area contributed by atoms with Crippen molar-refractivity contribution in [1.82, 2.24) is 4.90 Å². The van der Waals surface area contributed by atoms with Crippen LogP contribution < -0.4 is 10.6 Å². The molecule has 3 rings (SSSR count). The van der Waals surface area contributed by atoms with Gasteiger partial charge in [-0.15, -0.1) is 0 Å². The van der Waals surface area contributed by atoms with E-state index in [1.54, 1.807) is 4.90 Å². The quantitative estimate of drug-likeness (QED) is 0.406. The molecule has 0 fully saturated rings. The number of para-hydroxylation sites is 1. The summed E-state index contributed by atoms with van der Waals surface area (Å²) >= 11 is 12.4. The largest absolute Gasteiger partial charge is 0.351 e. The molecule has 0 radical (unpaired) electrons. The SMILES string of the molecule is NC(=O)N(CCCN(CCc1ccc(Cl)cc1)Cc1ccccc1Cl)c1ccccc1. The topological polar surface area (TPSA) is 49.6 Å². The van der Waals surface area contributed by atoms with Crippen LogP contribution in [0.4, 0.5) is 10.5 Å². The van der Waals surface area contributed by atoms with E-state index >= 15 is 0 Å². The molecule has 0 aliphatic rings. The molecule has 2 amide bonds. The number of carbonyl (C=O) groups is 1. The van der Waals surface area contributed by atoms with E-state index in [0.717, 1.165) is 53.8 Å². The maximum Gasteiger partial charge on any atom is 0.319 e. The smallest absolute Gasteiger partial charge is 0.319 e. The van der Waals surface area contributed by atoms with E-state index in [9.17, 15) is 4.79 Å². The molecule has 31 heavy (non-hydrogen) atoms. The minimum absolute atomic E-state index is 0.440. The Hall–Kier alpha value is -2.53. The molecule has 0 saturated heterocycles. The van der Waals surface area contributed by atoms with Crippen LogP contribution >= 0.6 is 23.2 Å². The van der Waals surface area contributed by atoms with Gasteiger partial charge in [-0.05, 0) is 54.3 Å². The molecule has 0 saturated carbocycles. The molecule has 6 heteroatoms. The molecule has 0 atom stereocenters. The number of halogens is 2. The zero-order valence-electron chi connectivity index (χ0n) is 17.4. The van der Waals surface area contributed by atoms with Gasteiger partial charge >= 0.3 is 6.03 Å². The molecular formula is C25H27Cl2N3O. The van der Waals surface area contributed by atoms with Gasteiger partial charge in [-0.1, -0.05) is 71.7 Å². The van der Waals surface area contributed by atoms with Gasteiger partial charge in [-0.25, -0.2) is 4.79 Å². The summed E-state index contributed by atoms with van der Waals surface area (Å²) in [7, 11) is 0. The fourth-order valence-corrected chi connectivity index (χ4v) is 3.82. The second kappa shape index (κ2) is 11.8. The second-order valence-electron chi connectivity index (χ2n) is 7.42. The Balaban J connectivity index is 1.64. The van der Waals surface area contributed by atoms with Gasteiger partial charge in [0.15, 0.2) is 0 Å². The first kappa shape index (κ1) is 23.1. The molecule has 0 bridgehead atoms. The molecular weight excluding hydrogens is 429 g/mol. The number of benzene rings is 3. The van der Waals surface area contributed by atoms with Crippen LogP contribution in [0.25, 0.3) is 0 Å². The van der Waals surface area contributed by atoms with Crippen molar-refractivity contribution in [2.75, 3.05) is 24.5 Å². The molecule has 0 spiro atoms. The fourth-order valence-electron chi connectivity index (χ4n) is 3.50. The van der Waals surface area contributed by atoms with E-state index in [2.05, 4.69) is 23.1 Å². The Labute approximate surface area is 194 Å². The number of nitrogens with zero attached hydrogens (tertiary/aromatic N) is 2. The van der Waals surface area contributed by atoms with E-state index in [4.69, 9.17) is 28.9 Å². The predicted molar refractivity (Wildman–Crippen MR) is 130 cm³/mol. The van der Waals surface area contributed by atoms with Crippen LogP contribution in [0.3, 0.4) is 0 Å². The Bertz CT molecular complexity index is 964. The highest BCUT2D eigenvalue weighted by atomic mass is 35.5. The molecule has 3 aromatic rings. The lowest BCUT2D eigenvalue weighted by atomic mass is 10.1. The number of carbonyl (C=O) groups excluding carboxylic acids is 1. The molecule has 162 valence electrons. The molecule has 0 aromatic heterocycles. The van der Waals surface area contributed by atoms with Crippen molar-refractivity contribution >= 4 is 34.9 Å². The first-order valence-corrected chi connectivity index (χ1v) is 11.1. The van der Waals surface area contributed by atoms with Gasteiger partial charge in [0.05, 0.1) is 0 Å². The van der Waals surface area contributed by atoms with Crippen LogP contribution in [0.2, 0.25) is 10.0 Å². The maximum atomic E-state index is 12.0. The highest BCUT2D eigenvalue weighted by Gasteiger charge is 2.14. The lowest BCUT2D eigenvalue weighted by Gasteiger charge is -2.25. The van der Waals surface area contributed by atoms with Crippen LogP contribution in [-0.2, 0) is 13.0 Å². The van der Waals surface area contributed by atoms with Gasteiger partial charge in [0, 0.05) is 41.9 Å². The number of primary amides is 1. The molecule has 0 aliphatic carbocycles. The van der Waals surface area contributed by atoms with Crippen LogP contribution in [-0.4, -0.2) is 30.6 Å². The summed E-state index contributed by atoms with van der Waals surface area (Å²) in [6, 6.07) is 24.9. The van der Waals surface area contributed by atoms with E-state index in [-0.39, 0.29) is 0 Å². The Morgan fingerprint density at radius 1 is 0.806 bits per heavy atom. The summed E-state index contributed by atoms with van der Waals surface area (Å²) in [5.74, 6) is 0. The van der Waals surface area contributed by atoms with E-state index in [1.807, 2.05) is 60.7 Å². The summed E-state index contributed by atoms with van der Waals surface area (Å²) in [5, 5.41) is 1.51. The highest BCUT2D eigenvalue weighted by molar-refractivity contribution is 6.31. The summed E-state index contributed by atoms with van der Waals surface area (Å²) in [4.78, 5) is 15.9. The van der Waals surface area contributed by atoms with Crippen molar-refractivity contribution in [3.8, 4) is 0 Å². The van der Waals surface area contributed by atoms with Crippen molar-refractivity contribution < 1.29 is 4.79 Å². The van der Waals surface area contributed by atoms with E-state index in [0.29, 0.717) is 6.54 Å². The Morgan fingerprint density at radius 3 is 2.16 bits per heavy atom. The van der Waals surface area contributed by atoms with Gasteiger partial charge in [0.25, 0.3) is 0 Å². The third kappa shape index (κ3) is 7.28. The average molecular weight is 456 g/mol. The predicted octanol–water partition coefficient (Wildman–Crippen LogP) is 6.01. The molecule has 3 aromatic carbocycles. The standard InChI is InChI=1S/C25H27Cl2N3O/c26-22-13-11-20(12-14-22)15-18-29(19-21-7-4-5-10-24(21)27)16-6-17-30(25(28)31)23-8-2-1-3-9-23/h1-5,7-14H,6,15-19H2,(H2,28,31). The number of amides is 2. The normalized spacial score (nSPS) is 10.9. The van der Waals surface area contributed by atoms with Crippen molar-refractivity contribution in [2.24, 2.45) is 5.73 Å². The fraction of sp³-hybridized carbons (Fsp3) is 0.240. The zero-order chi connectivity index (χ0) is 22.1. The minimum Gasteiger partial charge on any atom is -0.351 e. The lowest BCUT2D eigenvalue weighted by molar-refractivity contribution is 0.250. The monoisotopic (exact) mass is 455 g/mol.